The fourth-order valence-electron chi connectivity index (χ4n) is 2.81. The Kier molecular flexibility index (Phi) is 6.34. The van der Waals surface area contributed by atoms with Crippen molar-refractivity contribution in [3.8, 4) is 0 Å². The number of hydrogen-bond donors (Lipinski definition) is 2. The van der Waals surface area contributed by atoms with Crippen molar-refractivity contribution >= 4 is 34.8 Å². The summed E-state index contributed by atoms with van der Waals surface area (Å²) in [4.78, 5) is 13.8. The van der Waals surface area contributed by atoms with E-state index < -0.39 is 0 Å². The Morgan fingerprint density at radius 3 is 2.43 bits per heavy atom. The number of carbonyl (C=O) groups is 1. The smallest absolute Gasteiger partial charge is 0.282 e. The number of rotatable bonds is 3. The first kappa shape index (κ1) is 16.6. The summed E-state index contributed by atoms with van der Waals surface area (Å²) in [5.41, 5.74) is 0.590. The van der Waals surface area contributed by atoms with Crippen molar-refractivity contribution in [3.63, 3.8) is 0 Å². The zero-order valence-corrected chi connectivity index (χ0v) is 13.9. The van der Waals surface area contributed by atoms with Crippen LogP contribution in [-0.2, 0) is 4.79 Å². The molecule has 0 aliphatic carbocycles. The van der Waals surface area contributed by atoms with E-state index in [-0.39, 0.29) is 11.9 Å². The van der Waals surface area contributed by atoms with Crippen LogP contribution in [0.25, 0.3) is 0 Å². The predicted molar refractivity (Wildman–Crippen MR) is 88.3 cm³/mol. The number of quaternary nitrogens is 1. The second-order valence-corrected chi connectivity index (χ2v) is 6.60. The van der Waals surface area contributed by atoms with E-state index in [1.165, 1.54) is 37.0 Å². The zero-order valence-electron chi connectivity index (χ0n) is 12.4. The maximum atomic E-state index is 12.4. The molecule has 1 aromatic carbocycles. The summed E-state index contributed by atoms with van der Waals surface area (Å²) in [5.74, 6) is 0.00902. The van der Waals surface area contributed by atoms with Crippen LogP contribution in [0.1, 0.15) is 39.0 Å². The molecule has 1 heterocycles. The molecule has 0 bridgehead atoms. The van der Waals surface area contributed by atoms with Crippen LogP contribution in [0.5, 0.6) is 0 Å². The van der Waals surface area contributed by atoms with E-state index in [9.17, 15) is 4.79 Å². The van der Waals surface area contributed by atoms with Crippen LogP contribution in [0, 0.1) is 0 Å². The van der Waals surface area contributed by atoms with Crippen molar-refractivity contribution < 1.29 is 9.69 Å². The van der Waals surface area contributed by atoms with Crippen molar-refractivity contribution in [2.24, 2.45) is 0 Å². The number of halogens is 2. The highest BCUT2D eigenvalue weighted by Crippen LogP contribution is 2.25. The van der Waals surface area contributed by atoms with Crippen LogP contribution >= 0.6 is 23.2 Å². The molecule has 3 nitrogen and oxygen atoms in total. The summed E-state index contributed by atoms with van der Waals surface area (Å²) >= 11 is 12.1. The van der Waals surface area contributed by atoms with Gasteiger partial charge < -0.3 is 10.2 Å². The van der Waals surface area contributed by atoms with Gasteiger partial charge >= 0.3 is 0 Å². The van der Waals surface area contributed by atoms with Crippen LogP contribution in [0.2, 0.25) is 10.0 Å². The molecule has 1 saturated heterocycles. The molecule has 1 atom stereocenters. The number of carbonyl (C=O) groups excluding carboxylic acids is 1. The van der Waals surface area contributed by atoms with Gasteiger partial charge in [-0.1, -0.05) is 29.6 Å². The van der Waals surface area contributed by atoms with Crippen molar-refractivity contribution in [2.75, 3.05) is 18.4 Å². The minimum atomic E-state index is -0.0712. The first-order valence-electron chi connectivity index (χ1n) is 7.68. The quantitative estimate of drug-likeness (QED) is 0.877. The van der Waals surface area contributed by atoms with Crippen molar-refractivity contribution in [1.29, 1.82) is 0 Å². The molecule has 2 rings (SSSR count). The number of hydrogen-bond acceptors (Lipinski definition) is 1. The lowest BCUT2D eigenvalue weighted by Crippen LogP contribution is -3.16. The lowest BCUT2D eigenvalue weighted by atomic mass is 10.1. The minimum absolute atomic E-state index is 0.00902. The number of benzene rings is 1. The topological polar surface area (TPSA) is 33.5 Å². The van der Waals surface area contributed by atoms with Gasteiger partial charge in [-0.3, -0.25) is 4.79 Å². The molecule has 116 valence electrons. The van der Waals surface area contributed by atoms with Gasteiger partial charge in [0.2, 0.25) is 0 Å². The van der Waals surface area contributed by atoms with E-state index in [0.717, 1.165) is 13.1 Å². The fourth-order valence-corrected chi connectivity index (χ4v) is 3.15. The van der Waals surface area contributed by atoms with Gasteiger partial charge in [0.15, 0.2) is 6.04 Å². The lowest BCUT2D eigenvalue weighted by Gasteiger charge is -2.27. The molecule has 5 heteroatoms. The van der Waals surface area contributed by atoms with Crippen molar-refractivity contribution in [1.82, 2.24) is 0 Å². The van der Waals surface area contributed by atoms with E-state index in [1.54, 1.807) is 18.2 Å². The van der Waals surface area contributed by atoms with E-state index in [2.05, 4.69) is 5.32 Å². The molecule has 0 radical (unpaired) electrons. The van der Waals surface area contributed by atoms with Gasteiger partial charge in [-0.05, 0) is 50.8 Å². The normalized spacial score (nSPS) is 18.6. The van der Waals surface area contributed by atoms with Gasteiger partial charge in [0, 0.05) is 5.02 Å². The molecule has 1 aliphatic rings. The Balaban J connectivity index is 1.99. The molecule has 0 spiro atoms. The average Bonchev–Trinajstić information content (AvgIpc) is 2.42. The van der Waals surface area contributed by atoms with E-state index in [4.69, 9.17) is 23.2 Å². The molecular weight excluding hydrogens is 307 g/mol. The molecule has 0 saturated carbocycles. The Hall–Kier alpha value is -0.770. The third-order valence-corrected chi connectivity index (χ3v) is 4.75. The van der Waals surface area contributed by atoms with Crippen molar-refractivity contribution in [3.05, 3.63) is 28.2 Å². The van der Waals surface area contributed by atoms with Crippen LogP contribution in [0.3, 0.4) is 0 Å². The number of amides is 1. The monoisotopic (exact) mass is 329 g/mol. The van der Waals surface area contributed by atoms with Crippen LogP contribution < -0.4 is 10.2 Å². The molecule has 0 unspecified atom stereocenters. The largest absolute Gasteiger partial charge is 0.325 e. The number of anilines is 1. The summed E-state index contributed by atoms with van der Waals surface area (Å²) in [6.45, 7) is 4.13. The third kappa shape index (κ3) is 4.87. The molecule has 1 amide bonds. The standard InChI is InChI=1S/C16H22Cl2N2O/c1-12(20-9-5-3-2-4-6-10-20)16(21)19-15-11-13(17)7-8-14(15)18/h7-8,11-12H,2-6,9-10H2,1H3,(H,19,21)/p+1/t12-/m1/s1. The van der Waals surface area contributed by atoms with E-state index in [1.807, 2.05) is 6.92 Å². The predicted octanol–water partition coefficient (Wildman–Crippen LogP) is 3.17. The highest BCUT2D eigenvalue weighted by atomic mass is 35.5. The van der Waals surface area contributed by atoms with Crippen LogP contribution in [-0.4, -0.2) is 25.0 Å². The second-order valence-electron chi connectivity index (χ2n) is 5.76. The Morgan fingerprint density at radius 2 is 1.76 bits per heavy atom. The van der Waals surface area contributed by atoms with E-state index >= 15 is 0 Å². The molecule has 1 aromatic rings. The third-order valence-electron chi connectivity index (χ3n) is 4.19. The summed E-state index contributed by atoms with van der Waals surface area (Å²) < 4.78 is 0. The fraction of sp³-hybridized carbons (Fsp3) is 0.562. The molecule has 21 heavy (non-hydrogen) atoms. The van der Waals surface area contributed by atoms with Crippen LogP contribution in [0.15, 0.2) is 18.2 Å². The molecule has 1 fully saturated rings. The van der Waals surface area contributed by atoms with Crippen LogP contribution in [0.4, 0.5) is 5.69 Å². The maximum absolute atomic E-state index is 12.4. The van der Waals surface area contributed by atoms with Gasteiger partial charge in [0.25, 0.3) is 5.91 Å². The van der Waals surface area contributed by atoms with E-state index in [0.29, 0.717) is 15.7 Å². The number of likely N-dealkylation sites (tertiary alicyclic amines) is 1. The Bertz CT molecular complexity index is 485. The summed E-state index contributed by atoms with van der Waals surface area (Å²) in [6.07, 6.45) is 6.28. The van der Waals surface area contributed by atoms with Gasteiger partial charge in [0.1, 0.15) is 0 Å². The minimum Gasteiger partial charge on any atom is -0.325 e. The van der Waals surface area contributed by atoms with Gasteiger partial charge in [-0.25, -0.2) is 0 Å². The van der Waals surface area contributed by atoms with Gasteiger partial charge in [-0.15, -0.1) is 0 Å². The molecule has 2 N–H and O–H groups in total. The van der Waals surface area contributed by atoms with Gasteiger partial charge in [0.05, 0.1) is 23.8 Å². The molecular formula is C16H23Cl2N2O+. The van der Waals surface area contributed by atoms with Crippen molar-refractivity contribution in [2.45, 2.75) is 45.1 Å². The summed E-state index contributed by atoms with van der Waals surface area (Å²) in [6, 6.07) is 5.04. The second kappa shape index (κ2) is 8.02. The highest BCUT2D eigenvalue weighted by molar-refractivity contribution is 6.35. The number of nitrogens with one attached hydrogen (secondary N) is 2. The first-order chi connectivity index (χ1) is 10.1. The summed E-state index contributed by atoms with van der Waals surface area (Å²) in [5, 5.41) is 3.99. The average molecular weight is 330 g/mol. The molecule has 1 aliphatic heterocycles. The summed E-state index contributed by atoms with van der Waals surface area (Å²) in [7, 11) is 0. The highest BCUT2D eigenvalue weighted by Gasteiger charge is 2.25. The maximum Gasteiger partial charge on any atom is 0.282 e. The Labute approximate surface area is 136 Å². The Morgan fingerprint density at radius 1 is 1.14 bits per heavy atom. The zero-order chi connectivity index (χ0) is 15.2. The SMILES string of the molecule is C[C@H](C(=O)Nc1cc(Cl)ccc1Cl)[NH+]1CCCCCCC1. The van der Waals surface area contributed by atoms with Gasteiger partial charge in [-0.2, -0.15) is 0 Å². The lowest BCUT2D eigenvalue weighted by molar-refractivity contribution is -0.914. The molecule has 0 aromatic heterocycles. The first-order valence-corrected chi connectivity index (χ1v) is 8.44.